The third kappa shape index (κ3) is 3.86. The highest BCUT2D eigenvalue weighted by atomic mass is 32.2. The average molecular weight is 349 g/mol. The Hall–Kier alpha value is -2.54. The van der Waals surface area contributed by atoms with Crippen molar-refractivity contribution >= 4 is 21.7 Å². The lowest BCUT2D eigenvalue weighted by Crippen LogP contribution is -2.15. The van der Waals surface area contributed by atoms with Gasteiger partial charge in [0.1, 0.15) is 10.6 Å². The van der Waals surface area contributed by atoms with Crippen LogP contribution in [-0.2, 0) is 10.0 Å². The van der Waals surface area contributed by atoms with E-state index in [0.717, 1.165) is 5.56 Å². The number of hydrogen-bond donors (Lipinski definition) is 2. The van der Waals surface area contributed by atoms with E-state index in [2.05, 4.69) is 4.72 Å². The van der Waals surface area contributed by atoms with Crippen LogP contribution in [0.4, 0.5) is 5.69 Å². The van der Waals surface area contributed by atoms with Crippen LogP contribution in [0.1, 0.15) is 35.7 Å². The molecule has 0 saturated heterocycles. The van der Waals surface area contributed by atoms with Crippen molar-refractivity contribution in [2.45, 2.75) is 24.7 Å². The number of benzene rings is 2. The molecule has 0 aliphatic carbocycles. The number of methoxy groups -OCH3 is 1. The van der Waals surface area contributed by atoms with Gasteiger partial charge in [0.05, 0.1) is 12.7 Å². The van der Waals surface area contributed by atoms with Gasteiger partial charge in [-0.05, 0) is 41.8 Å². The van der Waals surface area contributed by atoms with Crippen LogP contribution < -0.4 is 9.46 Å². The largest absolute Gasteiger partial charge is 0.495 e. The predicted molar refractivity (Wildman–Crippen MR) is 91.3 cm³/mol. The molecule has 2 aromatic rings. The molecule has 128 valence electrons. The van der Waals surface area contributed by atoms with Crippen molar-refractivity contribution in [3.8, 4) is 5.75 Å². The molecule has 0 bridgehead atoms. The van der Waals surface area contributed by atoms with Crippen molar-refractivity contribution in [3.05, 3.63) is 53.6 Å². The molecule has 0 fully saturated rings. The SMILES string of the molecule is COc1ccc(C(C)C)cc1S(=O)(=O)Nc1cccc(C(=O)O)c1. The second-order valence-electron chi connectivity index (χ2n) is 5.56. The van der Waals surface area contributed by atoms with Gasteiger partial charge in [-0.25, -0.2) is 13.2 Å². The predicted octanol–water partition coefficient (Wildman–Crippen LogP) is 3.32. The zero-order chi connectivity index (χ0) is 17.9. The minimum atomic E-state index is -3.92. The Balaban J connectivity index is 2.45. The molecular weight excluding hydrogens is 330 g/mol. The number of rotatable bonds is 6. The van der Waals surface area contributed by atoms with Crippen molar-refractivity contribution in [1.82, 2.24) is 0 Å². The summed E-state index contributed by atoms with van der Waals surface area (Å²) in [6.45, 7) is 3.92. The van der Waals surface area contributed by atoms with E-state index >= 15 is 0 Å². The molecule has 2 N–H and O–H groups in total. The molecule has 2 rings (SSSR count). The second kappa shape index (κ2) is 6.92. The lowest BCUT2D eigenvalue weighted by atomic mass is 10.0. The van der Waals surface area contributed by atoms with Crippen molar-refractivity contribution in [2.75, 3.05) is 11.8 Å². The molecule has 0 saturated carbocycles. The van der Waals surface area contributed by atoms with Gasteiger partial charge in [-0.15, -0.1) is 0 Å². The summed E-state index contributed by atoms with van der Waals surface area (Å²) < 4.78 is 32.9. The average Bonchev–Trinajstić information content (AvgIpc) is 2.53. The minimum Gasteiger partial charge on any atom is -0.495 e. The number of carbonyl (C=O) groups is 1. The Morgan fingerprint density at radius 3 is 2.46 bits per heavy atom. The lowest BCUT2D eigenvalue weighted by molar-refractivity contribution is 0.0697. The molecular formula is C17H19NO5S. The monoisotopic (exact) mass is 349 g/mol. The highest BCUT2D eigenvalue weighted by molar-refractivity contribution is 7.92. The number of sulfonamides is 1. The quantitative estimate of drug-likeness (QED) is 0.834. The van der Waals surface area contributed by atoms with Crippen molar-refractivity contribution in [1.29, 1.82) is 0 Å². The van der Waals surface area contributed by atoms with Gasteiger partial charge >= 0.3 is 5.97 Å². The van der Waals surface area contributed by atoms with E-state index in [1.54, 1.807) is 12.1 Å². The summed E-state index contributed by atoms with van der Waals surface area (Å²) in [7, 11) is -2.53. The van der Waals surface area contributed by atoms with E-state index in [4.69, 9.17) is 9.84 Å². The Bertz CT molecular complexity index is 859. The van der Waals surface area contributed by atoms with Crippen LogP contribution in [0, 0.1) is 0 Å². The molecule has 0 aliphatic rings. The Morgan fingerprint density at radius 1 is 1.17 bits per heavy atom. The number of carboxylic acid groups (broad SMARTS) is 1. The highest BCUT2D eigenvalue weighted by Gasteiger charge is 2.21. The van der Waals surface area contributed by atoms with Crippen molar-refractivity contribution < 1.29 is 23.1 Å². The van der Waals surface area contributed by atoms with E-state index < -0.39 is 16.0 Å². The first-order chi connectivity index (χ1) is 11.2. The maximum absolute atomic E-state index is 12.7. The van der Waals surface area contributed by atoms with E-state index in [1.165, 1.54) is 31.4 Å². The first-order valence-electron chi connectivity index (χ1n) is 7.28. The highest BCUT2D eigenvalue weighted by Crippen LogP contribution is 2.29. The fourth-order valence-corrected chi connectivity index (χ4v) is 3.44. The number of aromatic carboxylic acids is 1. The molecule has 0 atom stereocenters. The Kier molecular flexibility index (Phi) is 5.14. The van der Waals surface area contributed by atoms with E-state index in [0.29, 0.717) is 0 Å². The van der Waals surface area contributed by atoms with Gasteiger partial charge in [-0.1, -0.05) is 26.0 Å². The van der Waals surface area contributed by atoms with Crippen molar-refractivity contribution in [3.63, 3.8) is 0 Å². The summed E-state index contributed by atoms with van der Waals surface area (Å²) in [5, 5.41) is 9.01. The summed E-state index contributed by atoms with van der Waals surface area (Å²) in [6, 6.07) is 10.6. The molecule has 6 nitrogen and oxygen atoms in total. The molecule has 0 aliphatic heterocycles. The molecule has 0 heterocycles. The van der Waals surface area contributed by atoms with Crippen LogP contribution in [-0.4, -0.2) is 26.6 Å². The first-order valence-corrected chi connectivity index (χ1v) is 8.77. The summed E-state index contributed by atoms with van der Waals surface area (Å²) >= 11 is 0. The lowest BCUT2D eigenvalue weighted by Gasteiger charge is -2.14. The number of carboxylic acids is 1. The molecule has 0 unspecified atom stereocenters. The van der Waals surface area contributed by atoms with Gasteiger partial charge in [-0.2, -0.15) is 0 Å². The van der Waals surface area contributed by atoms with Crippen LogP contribution in [0.25, 0.3) is 0 Å². The van der Waals surface area contributed by atoms with E-state index in [9.17, 15) is 13.2 Å². The van der Waals surface area contributed by atoms with Gasteiger partial charge in [0.2, 0.25) is 0 Å². The first kappa shape index (κ1) is 17.8. The van der Waals surface area contributed by atoms with Gasteiger partial charge in [0, 0.05) is 5.69 Å². The van der Waals surface area contributed by atoms with Gasteiger partial charge in [0.25, 0.3) is 10.0 Å². The fraction of sp³-hybridized carbons (Fsp3) is 0.235. The third-order valence-corrected chi connectivity index (χ3v) is 4.91. The van der Waals surface area contributed by atoms with Gasteiger partial charge < -0.3 is 9.84 Å². The molecule has 2 aromatic carbocycles. The maximum Gasteiger partial charge on any atom is 0.335 e. The second-order valence-corrected chi connectivity index (χ2v) is 7.21. The van der Waals surface area contributed by atoms with Crippen molar-refractivity contribution in [2.24, 2.45) is 0 Å². The van der Waals surface area contributed by atoms with E-state index in [-0.39, 0.29) is 27.8 Å². The summed E-state index contributed by atoms with van der Waals surface area (Å²) in [5.41, 5.74) is 1.03. The summed E-state index contributed by atoms with van der Waals surface area (Å²) in [6.07, 6.45) is 0. The standard InChI is InChI=1S/C17H19NO5S/c1-11(2)12-7-8-15(23-3)16(10-12)24(21,22)18-14-6-4-5-13(9-14)17(19)20/h4-11,18H,1-3H3,(H,19,20). The topological polar surface area (TPSA) is 92.7 Å². The third-order valence-electron chi connectivity index (χ3n) is 3.51. The molecule has 7 heteroatoms. The number of ether oxygens (including phenoxy) is 1. The zero-order valence-corrected chi connectivity index (χ0v) is 14.4. The summed E-state index contributed by atoms with van der Waals surface area (Å²) in [5.74, 6) is -0.753. The fourth-order valence-electron chi connectivity index (χ4n) is 2.19. The minimum absolute atomic E-state index is 0.00176. The molecule has 0 aromatic heterocycles. The van der Waals surface area contributed by atoms with Crippen LogP contribution in [0.2, 0.25) is 0 Å². The van der Waals surface area contributed by atoms with Crippen LogP contribution in [0.3, 0.4) is 0 Å². The maximum atomic E-state index is 12.7. The normalized spacial score (nSPS) is 11.3. The summed E-state index contributed by atoms with van der Waals surface area (Å²) in [4.78, 5) is 11.0. The number of anilines is 1. The van der Waals surface area contributed by atoms with Gasteiger partial charge in [-0.3, -0.25) is 4.72 Å². The number of hydrogen-bond acceptors (Lipinski definition) is 4. The Labute approximate surface area is 141 Å². The molecule has 0 amide bonds. The smallest absolute Gasteiger partial charge is 0.335 e. The number of nitrogens with one attached hydrogen (secondary N) is 1. The van der Waals surface area contributed by atoms with Crippen LogP contribution >= 0.6 is 0 Å². The van der Waals surface area contributed by atoms with Gasteiger partial charge in [0.15, 0.2) is 0 Å². The molecule has 0 spiro atoms. The molecule has 0 radical (unpaired) electrons. The zero-order valence-electron chi connectivity index (χ0n) is 13.6. The van der Waals surface area contributed by atoms with Crippen LogP contribution in [0.15, 0.2) is 47.4 Å². The van der Waals surface area contributed by atoms with E-state index in [1.807, 2.05) is 19.9 Å². The molecule has 24 heavy (non-hydrogen) atoms. The van der Waals surface area contributed by atoms with Crippen LogP contribution in [0.5, 0.6) is 5.75 Å². The Morgan fingerprint density at radius 2 is 1.88 bits per heavy atom.